The Kier molecular flexibility index (Phi) is 3.28. The summed E-state index contributed by atoms with van der Waals surface area (Å²) in [5.41, 5.74) is 1.03. The number of amides is 1. The van der Waals surface area contributed by atoms with E-state index in [2.05, 4.69) is 10.3 Å². The summed E-state index contributed by atoms with van der Waals surface area (Å²) >= 11 is 0. The van der Waals surface area contributed by atoms with Crippen molar-refractivity contribution in [3.8, 4) is 0 Å². The predicted octanol–water partition coefficient (Wildman–Crippen LogP) is 2.28. The summed E-state index contributed by atoms with van der Waals surface area (Å²) in [6.45, 7) is 1.73. The number of nitrogens with one attached hydrogen (secondary N) is 1. The first-order chi connectivity index (χ1) is 6.87. The topological polar surface area (TPSA) is 42.0 Å². The van der Waals surface area contributed by atoms with Crippen LogP contribution in [0.2, 0.25) is 0 Å². The smallest absolute Gasteiger partial charge is 0.324 e. The molecule has 0 aliphatic carbocycles. The molecule has 0 aromatic carbocycles. The standard InChI is InChI=1S/C9H9F3N2O/c1-6-2-7(5-13-4-6)14-8(15)3-9(10,11)12/h2,4-5H,3H2,1H3,(H,14,15). The number of nitrogens with zero attached hydrogens (tertiary/aromatic N) is 1. The number of carbonyl (C=O) groups excluding carboxylic acids is 1. The van der Waals surface area contributed by atoms with Gasteiger partial charge in [0.2, 0.25) is 5.91 Å². The molecule has 1 rings (SSSR count). The third-order valence-electron chi connectivity index (χ3n) is 1.52. The first-order valence-corrected chi connectivity index (χ1v) is 4.15. The summed E-state index contributed by atoms with van der Waals surface area (Å²) in [6, 6.07) is 1.54. The van der Waals surface area contributed by atoms with Crippen LogP contribution in [0, 0.1) is 6.92 Å². The number of anilines is 1. The van der Waals surface area contributed by atoms with Gasteiger partial charge in [-0.2, -0.15) is 13.2 Å². The molecule has 0 aliphatic heterocycles. The van der Waals surface area contributed by atoms with E-state index >= 15 is 0 Å². The van der Waals surface area contributed by atoms with Crippen LogP contribution in [0.25, 0.3) is 0 Å². The van der Waals surface area contributed by atoms with Crippen LogP contribution < -0.4 is 5.32 Å². The number of alkyl halides is 3. The fraction of sp³-hybridized carbons (Fsp3) is 0.333. The van der Waals surface area contributed by atoms with E-state index in [4.69, 9.17) is 0 Å². The van der Waals surface area contributed by atoms with Gasteiger partial charge in [-0.15, -0.1) is 0 Å². The minimum atomic E-state index is -4.48. The van der Waals surface area contributed by atoms with Crippen molar-refractivity contribution in [2.75, 3.05) is 5.32 Å². The van der Waals surface area contributed by atoms with Crippen LogP contribution >= 0.6 is 0 Å². The van der Waals surface area contributed by atoms with Gasteiger partial charge in [-0.25, -0.2) is 0 Å². The fourth-order valence-electron chi connectivity index (χ4n) is 1.01. The van der Waals surface area contributed by atoms with Gasteiger partial charge in [0.15, 0.2) is 0 Å². The second-order valence-electron chi connectivity index (χ2n) is 3.09. The first-order valence-electron chi connectivity index (χ1n) is 4.15. The van der Waals surface area contributed by atoms with E-state index in [9.17, 15) is 18.0 Å². The highest BCUT2D eigenvalue weighted by Gasteiger charge is 2.31. The van der Waals surface area contributed by atoms with Crippen LogP contribution in [-0.4, -0.2) is 17.1 Å². The second kappa shape index (κ2) is 4.29. The van der Waals surface area contributed by atoms with Gasteiger partial charge in [-0.3, -0.25) is 9.78 Å². The number of aromatic nitrogens is 1. The summed E-state index contributed by atoms with van der Waals surface area (Å²) < 4.78 is 35.4. The van der Waals surface area contributed by atoms with Gasteiger partial charge in [-0.05, 0) is 18.6 Å². The van der Waals surface area contributed by atoms with Crippen molar-refractivity contribution in [1.82, 2.24) is 4.98 Å². The average Bonchev–Trinajstić information content (AvgIpc) is 1.99. The number of halogens is 3. The fourth-order valence-corrected chi connectivity index (χ4v) is 1.01. The maximum absolute atomic E-state index is 11.8. The Morgan fingerprint density at radius 3 is 2.67 bits per heavy atom. The zero-order valence-corrected chi connectivity index (χ0v) is 7.93. The molecule has 0 bridgehead atoms. The monoisotopic (exact) mass is 218 g/mol. The van der Waals surface area contributed by atoms with Gasteiger partial charge in [-0.1, -0.05) is 0 Å². The summed E-state index contributed by atoms with van der Waals surface area (Å²) in [6.07, 6.45) is -3.14. The Labute approximate surface area is 84.3 Å². The molecule has 1 aromatic heterocycles. The summed E-state index contributed by atoms with van der Waals surface area (Å²) in [4.78, 5) is 14.6. The highest BCUT2D eigenvalue weighted by molar-refractivity contribution is 5.90. The molecule has 0 saturated carbocycles. The van der Waals surface area contributed by atoms with Crippen LogP contribution in [-0.2, 0) is 4.79 Å². The van der Waals surface area contributed by atoms with Crippen molar-refractivity contribution < 1.29 is 18.0 Å². The minimum absolute atomic E-state index is 0.268. The van der Waals surface area contributed by atoms with E-state index in [0.717, 1.165) is 5.56 Å². The molecule has 1 aromatic rings. The zero-order valence-electron chi connectivity index (χ0n) is 7.93. The highest BCUT2D eigenvalue weighted by Crippen LogP contribution is 2.20. The Bertz CT molecular complexity index is 363. The summed E-state index contributed by atoms with van der Waals surface area (Å²) in [7, 11) is 0. The normalized spacial score (nSPS) is 11.2. The third-order valence-corrected chi connectivity index (χ3v) is 1.52. The zero-order chi connectivity index (χ0) is 11.5. The summed E-state index contributed by atoms with van der Waals surface area (Å²) in [5, 5.41) is 2.12. The van der Waals surface area contributed by atoms with Crippen molar-refractivity contribution in [2.45, 2.75) is 19.5 Å². The van der Waals surface area contributed by atoms with E-state index < -0.39 is 18.5 Å². The van der Waals surface area contributed by atoms with Crippen molar-refractivity contribution >= 4 is 11.6 Å². The molecule has 82 valence electrons. The maximum Gasteiger partial charge on any atom is 0.397 e. The minimum Gasteiger partial charge on any atom is -0.324 e. The number of pyridine rings is 1. The van der Waals surface area contributed by atoms with E-state index in [-0.39, 0.29) is 5.69 Å². The molecule has 15 heavy (non-hydrogen) atoms. The molecule has 6 heteroatoms. The number of hydrogen-bond donors (Lipinski definition) is 1. The van der Waals surface area contributed by atoms with Gasteiger partial charge in [0, 0.05) is 6.20 Å². The molecular formula is C9H9F3N2O. The van der Waals surface area contributed by atoms with Crippen molar-refractivity contribution in [2.24, 2.45) is 0 Å². The number of aryl methyl sites for hydroxylation is 1. The van der Waals surface area contributed by atoms with Crippen LogP contribution in [0.5, 0.6) is 0 Å². The number of carbonyl (C=O) groups is 1. The van der Waals surface area contributed by atoms with E-state index in [0.29, 0.717) is 0 Å². The predicted molar refractivity (Wildman–Crippen MR) is 48.3 cm³/mol. The molecule has 0 radical (unpaired) electrons. The van der Waals surface area contributed by atoms with Crippen LogP contribution in [0.4, 0.5) is 18.9 Å². The molecule has 1 heterocycles. The molecular weight excluding hydrogens is 209 g/mol. The molecule has 0 unspecified atom stereocenters. The highest BCUT2D eigenvalue weighted by atomic mass is 19.4. The Morgan fingerprint density at radius 2 is 2.13 bits per heavy atom. The SMILES string of the molecule is Cc1cncc(NC(=O)CC(F)(F)F)c1. The Morgan fingerprint density at radius 1 is 1.47 bits per heavy atom. The van der Waals surface area contributed by atoms with Crippen LogP contribution in [0.3, 0.4) is 0 Å². The molecule has 0 fully saturated rings. The van der Waals surface area contributed by atoms with Crippen molar-refractivity contribution in [3.05, 3.63) is 24.0 Å². The lowest BCUT2D eigenvalue weighted by atomic mass is 10.3. The maximum atomic E-state index is 11.8. The molecule has 1 amide bonds. The Hall–Kier alpha value is -1.59. The molecule has 0 aliphatic rings. The van der Waals surface area contributed by atoms with Crippen molar-refractivity contribution in [1.29, 1.82) is 0 Å². The molecule has 0 saturated heterocycles. The van der Waals surface area contributed by atoms with E-state index in [1.54, 1.807) is 19.2 Å². The molecule has 3 nitrogen and oxygen atoms in total. The van der Waals surface area contributed by atoms with Crippen LogP contribution in [0.1, 0.15) is 12.0 Å². The number of hydrogen-bond acceptors (Lipinski definition) is 2. The lowest BCUT2D eigenvalue weighted by molar-refractivity contribution is -0.150. The first kappa shape index (κ1) is 11.5. The van der Waals surface area contributed by atoms with E-state index in [1.165, 1.54) is 6.20 Å². The molecule has 0 atom stereocenters. The average molecular weight is 218 g/mol. The quantitative estimate of drug-likeness (QED) is 0.827. The van der Waals surface area contributed by atoms with E-state index in [1.807, 2.05) is 0 Å². The number of rotatable bonds is 2. The van der Waals surface area contributed by atoms with Crippen molar-refractivity contribution in [3.63, 3.8) is 0 Å². The molecule has 0 spiro atoms. The van der Waals surface area contributed by atoms with Gasteiger partial charge >= 0.3 is 6.18 Å². The summed E-state index contributed by atoms with van der Waals surface area (Å²) in [5.74, 6) is -1.09. The third kappa shape index (κ3) is 4.44. The molecule has 1 N–H and O–H groups in total. The van der Waals surface area contributed by atoms with Gasteiger partial charge in [0.05, 0.1) is 11.9 Å². The largest absolute Gasteiger partial charge is 0.397 e. The lowest BCUT2D eigenvalue weighted by Gasteiger charge is -2.07. The van der Waals surface area contributed by atoms with Gasteiger partial charge in [0.25, 0.3) is 0 Å². The Balaban J connectivity index is 2.59. The van der Waals surface area contributed by atoms with Gasteiger partial charge in [0.1, 0.15) is 6.42 Å². The van der Waals surface area contributed by atoms with Crippen LogP contribution in [0.15, 0.2) is 18.5 Å². The lowest BCUT2D eigenvalue weighted by Crippen LogP contribution is -2.21. The second-order valence-corrected chi connectivity index (χ2v) is 3.09. The van der Waals surface area contributed by atoms with Gasteiger partial charge < -0.3 is 5.32 Å².